The predicted molar refractivity (Wildman–Crippen MR) is 43.6 cm³/mol. The van der Waals surface area contributed by atoms with Gasteiger partial charge in [-0.2, -0.15) is 0 Å². The highest BCUT2D eigenvalue weighted by Crippen LogP contribution is 2.17. The second kappa shape index (κ2) is 4.24. The molecule has 1 aliphatic heterocycles. The number of unbranched alkanes of at least 4 members (excludes halogenated alkanes) is 1. The molecular formula is C9H14O3. The molecule has 3 heteroatoms. The maximum atomic E-state index is 11.3. The van der Waals surface area contributed by atoms with E-state index in [9.17, 15) is 9.59 Å². The van der Waals surface area contributed by atoms with Crippen LogP contribution in [0.5, 0.6) is 0 Å². The summed E-state index contributed by atoms with van der Waals surface area (Å²) in [5.41, 5.74) is 0. The van der Waals surface area contributed by atoms with E-state index >= 15 is 0 Å². The van der Waals surface area contributed by atoms with Crippen molar-refractivity contribution in [3.05, 3.63) is 0 Å². The van der Waals surface area contributed by atoms with Crippen LogP contribution in [-0.2, 0) is 14.3 Å². The molecule has 0 radical (unpaired) electrons. The standard InChI is InChI=1S/C9H14O3/c1-2-3-4-8(10)7-5-9(11)12-6-7/h7H,2-6H2,1H3. The Hall–Kier alpha value is -0.860. The lowest BCUT2D eigenvalue weighted by Gasteiger charge is -2.02. The number of ketones is 1. The average molecular weight is 170 g/mol. The molecule has 1 rings (SSSR count). The van der Waals surface area contributed by atoms with Crippen LogP contribution in [0.15, 0.2) is 0 Å². The van der Waals surface area contributed by atoms with Gasteiger partial charge in [0.1, 0.15) is 12.4 Å². The lowest BCUT2D eigenvalue weighted by atomic mass is 9.99. The molecule has 1 heterocycles. The van der Waals surface area contributed by atoms with E-state index in [4.69, 9.17) is 4.74 Å². The van der Waals surface area contributed by atoms with Crippen molar-refractivity contribution >= 4 is 11.8 Å². The second-order valence-electron chi connectivity index (χ2n) is 3.15. The Morgan fingerprint density at radius 1 is 1.67 bits per heavy atom. The van der Waals surface area contributed by atoms with E-state index < -0.39 is 0 Å². The molecule has 68 valence electrons. The summed E-state index contributed by atoms with van der Waals surface area (Å²) in [5.74, 6) is -0.198. The minimum absolute atomic E-state index is 0.149. The summed E-state index contributed by atoms with van der Waals surface area (Å²) in [7, 11) is 0. The molecule has 0 spiro atoms. The van der Waals surface area contributed by atoms with Crippen molar-refractivity contribution in [1.29, 1.82) is 0 Å². The highest BCUT2D eigenvalue weighted by Gasteiger charge is 2.28. The van der Waals surface area contributed by atoms with Crippen LogP contribution in [0.2, 0.25) is 0 Å². The molecule has 1 unspecified atom stereocenters. The van der Waals surface area contributed by atoms with E-state index in [2.05, 4.69) is 0 Å². The number of carbonyl (C=O) groups excluding carboxylic acids is 2. The normalized spacial score (nSPS) is 22.4. The summed E-state index contributed by atoms with van der Waals surface area (Å²) in [6.45, 7) is 2.35. The number of rotatable bonds is 4. The van der Waals surface area contributed by atoms with Crippen LogP contribution in [0.3, 0.4) is 0 Å². The molecule has 1 aliphatic rings. The lowest BCUT2D eigenvalue weighted by Crippen LogP contribution is -2.13. The van der Waals surface area contributed by atoms with Crippen molar-refractivity contribution in [1.82, 2.24) is 0 Å². The summed E-state index contributed by atoms with van der Waals surface area (Å²) in [6.07, 6.45) is 2.83. The van der Waals surface area contributed by atoms with Gasteiger partial charge in [0, 0.05) is 6.42 Å². The van der Waals surface area contributed by atoms with Gasteiger partial charge in [0.05, 0.1) is 12.3 Å². The Morgan fingerprint density at radius 2 is 2.42 bits per heavy atom. The zero-order valence-corrected chi connectivity index (χ0v) is 7.34. The smallest absolute Gasteiger partial charge is 0.306 e. The molecule has 0 amide bonds. The summed E-state index contributed by atoms with van der Waals surface area (Å²) in [4.78, 5) is 22.0. The minimum atomic E-state index is -0.232. The van der Waals surface area contributed by atoms with Crippen molar-refractivity contribution in [3.63, 3.8) is 0 Å². The van der Waals surface area contributed by atoms with Gasteiger partial charge < -0.3 is 4.74 Å². The zero-order valence-electron chi connectivity index (χ0n) is 7.34. The molecule has 0 aromatic carbocycles. The number of hydrogen-bond acceptors (Lipinski definition) is 3. The molecule has 0 saturated carbocycles. The lowest BCUT2D eigenvalue weighted by molar-refractivity contribution is -0.137. The van der Waals surface area contributed by atoms with Gasteiger partial charge in [-0.25, -0.2) is 0 Å². The minimum Gasteiger partial charge on any atom is -0.465 e. The van der Waals surface area contributed by atoms with Gasteiger partial charge in [0.2, 0.25) is 0 Å². The van der Waals surface area contributed by atoms with Crippen molar-refractivity contribution in [3.8, 4) is 0 Å². The van der Waals surface area contributed by atoms with Crippen LogP contribution in [0.25, 0.3) is 0 Å². The fourth-order valence-electron chi connectivity index (χ4n) is 1.27. The number of ether oxygens (including phenoxy) is 1. The molecule has 3 nitrogen and oxygen atoms in total. The largest absolute Gasteiger partial charge is 0.465 e. The van der Waals surface area contributed by atoms with Crippen LogP contribution < -0.4 is 0 Å². The van der Waals surface area contributed by atoms with E-state index in [-0.39, 0.29) is 17.7 Å². The van der Waals surface area contributed by atoms with Gasteiger partial charge in [-0.15, -0.1) is 0 Å². The first kappa shape index (κ1) is 9.23. The zero-order chi connectivity index (χ0) is 8.97. The molecule has 0 N–H and O–H groups in total. The van der Waals surface area contributed by atoms with Crippen LogP contribution in [0.1, 0.15) is 32.6 Å². The number of hydrogen-bond donors (Lipinski definition) is 0. The monoisotopic (exact) mass is 170 g/mol. The third-order valence-corrected chi connectivity index (χ3v) is 2.09. The van der Waals surface area contributed by atoms with Gasteiger partial charge in [-0.1, -0.05) is 13.3 Å². The molecule has 1 saturated heterocycles. The first-order chi connectivity index (χ1) is 5.74. The third-order valence-electron chi connectivity index (χ3n) is 2.09. The molecule has 0 aromatic rings. The fourth-order valence-corrected chi connectivity index (χ4v) is 1.27. The van der Waals surface area contributed by atoms with Crippen molar-refractivity contribution in [2.75, 3.05) is 6.61 Å². The predicted octanol–water partition coefficient (Wildman–Crippen LogP) is 1.31. The van der Waals surface area contributed by atoms with Gasteiger partial charge in [-0.3, -0.25) is 9.59 Å². The maximum absolute atomic E-state index is 11.3. The van der Waals surface area contributed by atoms with Gasteiger partial charge in [0.15, 0.2) is 0 Å². The number of cyclic esters (lactones) is 1. The average Bonchev–Trinajstić information content (AvgIpc) is 2.47. The molecule has 12 heavy (non-hydrogen) atoms. The molecule has 1 fully saturated rings. The molecule has 0 bridgehead atoms. The van der Waals surface area contributed by atoms with Crippen LogP contribution in [0.4, 0.5) is 0 Å². The Balaban J connectivity index is 2.28. The van der Waals surface area contributed by atoms with Crippen LogP contribution in [0, 0.1) is 5.92 Å². The summed E-state index contributed by atoms with van der Waals surface area (Å²) >= 11 is 0. The van der Waals surface area contributed by atoms with E-state index in [1.165, 1.54) is 0 Å². The first-order valence-electron chi connectivity index (χ1n) is 4.42. The molecule has 0 aromatic heterocycles. The van der Waals surface area contributed by atoms with E-state index in [0.717, 1.165) is 12.8 Å². The van der Waals surface area contributed by atoms with Gasteiger partial charge >= 0.3 is 5.97 Å². The highest BCUT2D eigenvalue weighted by molar-refractivity contribution is 5.87. The number of carbonyl (C=O) groups is 2. The van der Waals surface area contributed by atoms with Crippen molar-refractivity contribution < 1.29 is 14.3 Å². The van der Waals surface area contributed by atoms with E-state index in [1.807, 2.05) is 6.92 Å². The van der Waals surface area contributed by atoms with Crippen molar-refractivity contribution in [2.45, 2.75) is 32.6 Å². The van der Waals surface area contributed by atoms with Crippen molar-refractivity contribution in [2.24, 2.45) is 5.92 Å². The van der Waals surface area contributed by atoms with Gasteiger partial charge in [-0.05, 0) is 6.42 Å². The Morgan fingerprint density at radius 3 is 2.92 bits per heavy atom. The Kier molecular flexibility index (Phi) is 3.26. The molecule has 1 atom stereocenters. The third kappa shape index (κ3) is 2.32. The topological polar surface area (TPSA) is 43.4 Å². The fraction of sp³-hybridized carbons (Fsp3) is 0.778. The highest BCUT2D eigenvalue weighted by atomic mass is 16.5. The summed E-state index contributed by atoms with van der Waals surface area (Å²) in [5, 5.41) is 0. The van der Waals surface area contributed by atoms with Crippen LogP contribution in [-0.4, -0.2) is 18.4 Å². The Bertz CT molecular complexity index is 186. The van der Waals surface area contributed by atoms with Gasteiger partial charge in [0.25, 0.3) is 0 Å². The summed E-state index contributed by atoms with van der Waals surface area (Å²) in [6, 6.07) is 0. The van der Waals surface area contributed by atoms with E-state index in [1.54, 1.807) is 0 Å². The molecule has 0 aliphatic carbocycles. The number of Topliss-reactive ketones (excluding diaryl/α,β-unsaturated/α-hetero) is 1. The molecular weight excluding hydrogens is 156 g/mol. The van der Waals surface area contributed by atoms with Crippen LogP contribution >= 0.6 is 0 Å². The second-order valence-corrected chi connectivity index (χ2v) is 3.15. The van der Waals surface area contributed by atoms with E-state index in [0.29, 0.717) is 19.4 Å². The Labute approximate surface area is 72.1 Å². The summed E-state index contributed by atoms with van der Waals surface area (Å²) < 4.78 is 4.71. The first-order valence-corrected chi connectivity index (χ1v) is 4.42. The number of esters is 1. The quantitative estimate of drug-likeness (QED) is 0.597. The maximum Gasteiger partial charge on any atom is 0.306 e. The SMILES string of the molecule is CCCCC(=O)C1COC(=O)C1.